The zero-order valence-electron chi connectivity index (χ0n) is 18.6. The van der Waals surface area contributed by atoms with E-state index in [4.69, 9.17) is 9.73 Å². The van der Waals surface area contributed by atoms with Gasteiger partial charge >= 0.3 is 0 Å². The number of hydrogen-bond acceptors (Lipinski definition) is 5. The molecular formula is C23H35N5OS. The first-order valence-electron chi connectivity index (χ1n) is 11.0. The topological polar surface area (TPSA) is 61.8 Å². The van der Waals surface area contributed by atoms with Gasteiger partial charge in [-0.2, -0.15) is 0 Å². The Morgan fingerprint density at radius 2 is 1.90 bits per heavy atom. The van der Waals surface area contributed by atoms with Gasteiger partial charge in [0.2, 0.25) is 0 Å². The molecule has 1 aliphatic heterocycles. The Hall–Kier alpha value is -1.96. The third-order valence-electron chi connectivity index (χ3n) is 5.12. The number of thiazole rings is 1. The lowest BCUT2D eigenvalue weighted by Crippen LogP contribution is -2.44. The van der Waals surface area contributed by atoms with Crippen LogP contribution < -0.4 is 10.6 Å². The number of nitrogens with one attached hydrogen (secondary N) is 2. The molecule has 0 bridgehead atoms. The number of hydrogen-bond donors (Lipinski definition) is 2. The summed E-state index contributed by atoms with van der Waals surface area (Å²) in [6.45, 7) is 13.6. The first-order valence-corrected chi connectivity index (χ1v) is 11.8. The fourth-order valence-corrected chi connectivity index (χ4v) is 4.58. The Morgan fingerprint density at radius 1 is 1.17 bits per heavy atom. The summed E-state index contributed by atoms with van der Waals surface area (Å²) in [6.07, 6.45) is 3.56. The molecule has 7 heteroatoms. The molecule has 1 aromatic carbocycles. The Morgan fingerprint density at radius 3 is 2.57 bits per heavy atom. The van der Waals surface area contributed by atoms with Crippen LogP contribution in [0.5, 0.6) is 0 Å². The average molecular weight is 430 g/mol. The molecule has 6 nitrogen and oxygen atoms in total. The summed E-state index contributed by atoms with van der Waals surface area (Å²) in [5, 5.41) is 7.85. The van der Waals surface area contributed by atoms with Crippen LogP contribution in [0.3, 0.4) is 0 Å². The van der Waals surface area contributed by atoms with E-state index in [1.54, 1.807) is 11.3 Å². The van der Waals surface area contributed by atoms with Gasteiger partial charge < -0.3 is 15.4 Å². The molecule has 0 radical (unpaired) electrons. The second kappa shape index (κ2) is 11.4. The van der Waals surface area contributed by atoms with Gasteiger partial charge in [0.15, 0.2) is 5.96 Å². The van der Waals surface area contributed by atoms with Crippen LogP contribution in [0.1, 0.15) is 48.7 Å². The molecule has 0 aliphatic carbocycles. The molecule has 0 saturated carbocycles. The van der Waals surface area contributed by atoms with Crippen molar-refractivity contribution in [3.63, 3.8) is 0 Å². The quantitative estimate of drug-likeness (QED) is 0.496. The predicted molar refractivity (Wildman–Crippen MR) is 125 cm³/mol. The van der Waals surface area contributed by atoms with Crippen molar-refractivity contribution in [2.75, 3.05) is 19.6 Å². The summed E-state index contributed by atoms with van der Waals surface area (Å²) >= 11 is 1.76. The molecule has 0 amide bonds. The highest BCUT2D eigenvalue weighted by molar-refractivity contribution is 7.11. The van der Waals surface area contributed by atoms with Gasteiger partial charge in [0.05, 0.1) is 25.3 Å². The van der Waals surface area contributed by atoms with Crippen LogP contribution in [0.15, 0.2) is 35.5 Å². The van der Waals surface area contributed by atoms with Crippen LogP contribution in [0.4, 0.5) is 0 Å². The van der Waals surface area contributed by atoms with Gasteiger partial charge in [-0.05, 0) is 38.3 Å². The number of guanidine groups is 1. The monoisotopic (exact) mass is 429 g/mol. The second-order valence-corrected chi connectivity index (χ2v) is 9.04. The molecular weight excluding hydrogens is 394 g/mol. The molecule has 2 aromatic rings. The Bertz CT molecular complexity index is 811. The van der Waals surface area contributed by atoms with Gasteiger partial charge in [-0.1, -0.05) is 31.2 Å². The number of morpholine rings is 1. The van der Waals surface area contributed by atoms with Crippen LogP contribution in [0.2, 0.25) is 0 Å². The lowest BCUT2D eigenvalue weighted by molar-refractivity contribution is -0.0705. The molecule has 3 rings (SSSR count). The van der Waals surface area contributed by atoms with Gasteiger partial charge in [0.25, 0.3) is 0 Å². The zero-order valence-corrected chi connectivity index (χ0v) is 19.5. The van der Waals surface area contributed by atoms with Gasteiger partial charge in [0.1, 0.15) is 5.01 Å². The number of ether oxygens (including phenoxy) is 1. The van der Waals surface area contributed by atoms with E-state index in [0.29, 0.717) is 13.1 Å². The largest absolute Gasteiger partial charge is 0.373 e. The minimum atomic E-state index is 0.280. The van der Waals surface area contributed by atoms with E-state index in [1.165, 1.54) is 16.0 Å². The molecule has 2 unspecified atom stereocenters. The molecule has 164 valence electrons. The summed E-state index contributed by atoms with van der Waals surface area (Å²) in [6, 6.07) is 8.62. The van der Waals surface area contributed by atoms with Crippen molar-refractivity contribution >= 4 is 17.3 Å². The van der Waals surface area contributed by atoms with E-state index in [1.807, 2.05) is 6.20 Å². The van der Waals surface area contributed by atoms with E-state index in [-0.39, 0.29) is 12.2 Å². The highest BCUT2D eigenvalue weighted by Gasteiger charge is 2.22. The second-order valence-electron chi connectivity index (χ2n) is 7.84. The Labute approximate surface area is 184 Å². The predicted octanol–water partition coefficient (Wildman–Crippen LogP) is 3.57. The summed E-state index contributed by atoms with van der Waals surface area (Å²) < 4.78 is 5.88. The number of nitrogens with zero attached hydrogens (tertiary/aromatic N) is 3. The van der Waals surface area contributed by atoms with Crippen LogP contribution in [-0.4, -0.2) is 47.7 Å². The molecule has 30 heavy (non-hydrogen) atoms. The first kappa shape index (κ1) is 22.7. The van der Waals surface area contributed by atoms with Gasteiger partial charge in [-0.3, -0.25) is 4.90 Å². The van der Waals surface area contributed by atoms with Crippen molar-refractivity contribution in [3.05, 3.63) is 51.5 Å². The number of aliphatic imine (C=N–C) groups is 1. The smallest absolute Gasteiger partial charge is 0.191 e. The fourth-order valence-electron chi connectivity index (χ4n) is 3.78. The summed E-state index contributed by atoms with van der Waals surface area (Å²) in [5.74, 6) is 0.828. The van der Waals surface area contributed by atoms with E-state index >= 15 is 0 Å². The Balaban J connectivity index is 1.63. The SMILES string of the molecule is CCNC(=NCc1ccccc1CN1CC(C)OC(C)C1)NCc1ncc(CC)s1. The number of aromatic nitrogens is 1. The molecule has 0 spiro atoms. The normalized spacial score (nSPS) is 20.3. The van der Waals surface area contributed by atoms with E-state index in [2.05, 4.69) is 72.5 Å². The maximum Gasteiger partial charge on any atom is 0.191 e. The van der Waals surface area contributed by atoms with E-state index in [9.17, 15) is 0 Å². The maximum atomic E-state index is 5.88. The van der Waals surface area contributed by atoms with Crippen molar-refractivity contribution in [2.24, 2.45) is 4.99 Å². The number of benzene rings is 1. The lowest BCUT2D eigenvalue weighted by atomic mass is 10.1. The van der Waals surface area contributed by atoms with Crippen molar-refractivity contribution in [1.82, 2.24) is 20.5 Å². The molecule has 1 saturated heterocycles. The minimum absolute atomic E-state index is 0.280. The van der Waals surface area contributed by atoms with Crippen LogP contribution in [-0.2, 0) is 30.8 Å². The molecule has 1 aliphatic rings. The maximum absolute atomic E-state index is 5.88. The van der Waals surface area contributed by atoms with Crippen molar-refractivity contribution < 1.29 is 4.74 Å². The highest BCUT2D eigenvalue weighted by atomic mass is 32.1. The van der Waals surface area contributed by atoms with Crippen molar-refractivity contribution in [1.29, 1.82) is 0 Å². The third-order valence-corrected chi connectivity index (χ3v) is 6.26. The fraction of sp³-hybridized carbons (Fsp3) is 0.565. The highest BCUT2D eigenvalue weighted by Crippen LogP contribution is 2.18. The molecule has 1 fully saturated rings. The lowest BCUT2D eigenvalue weighted by Gasteiger charge is -2.35. The minimum Gasteiger partial charge on any atom is -0.373 e. The third kappa shape index (κ3) is 6.79. The van der Waals surface area contributed by atoms with Crippen LogP contribution >= 0.6 is 11.3 Å². The van der Waals surface area contributed by atoms with Gasteiger partial charge in [0, 0.05) is 37.3 Å². The number of rotatable bonds is 8. The average Bonchev–Trinajstić information content (AvgIpc) is 3.18. The molecule has 1 aromatic heterocycles. The molecule has 2 heterocycles. The molecule has 2 N–H and O–H groups in total. The first-order chi connectivity index (χ1) is 14.6. The van der Waals surface area contributed by atoms with Crippen molar-refractivity contribution in [2.45, 2.75) is 66.0 Å². The van der Waals surface area contributed by atoms with Crippen LogP contribution in [0, 0.1) is 0 Å². The Kier molecular flexibility index (Phi) is 8.66. The van der Waals surface area contributed by atoms with E-state index in [0.717, 1.165) is 43.6 Å². The van der Waals surface area contributed by atoms with Gasteiger partial charge in [-0.25, -0.2) is 9.98 Å². The zero-order chi connectivity index (χ0) is 21.3. The van der Waals surface area contributed by atoms with Crippen molar-refractivity contribution in [3.8, 4) is 0 Å². The summed E-state index contributed by atoms with van der Waals surface area (Å²) in [5.41, 5.74) is 2.61. The summed E-state index contributed by atoms with van der Waals surface area (Å²) in [7, 11) is 0. The van der Waals surface area contributed by atoms with E-state index < -0.39 is 0 Å². The van der Waals surface area contributed by atoms with Gasteiger partial charge in [-0.15, -0.1) is 11.3 Å². The van der Waals surface area contributed by atoms with Crippen LogP contribution in [0.25, 0.3) is 0 Å². The number of aryl methyl sites for hydroxylation is 1. The standard InChI is InChI=1S/C23H35N5OS/c1-5-21-12-25-22(30-21)13-27-23(24-6-2)26-11-19-9-7-8-10-20(19)16-28-14-17(3)29-18(4)15-28/h7-10,12,17-18H,5-6,11,13-16H2,1-4H3,(H2,24,26,27). The summed E-state index contributed by atoms with van der Waals surface area (Å²) in [4.78, 5) is 13.1. The molecule has 2 atom stereocenters.